The lowest BCUT2D eigenvalue weighted by atomic mass is 10.1. The van der Waals surface area contributed by atoms with Crippen LogP contribution in [-0.4, -0.2) is 71.2 Å². The van der Waals surface area contributed by atoms with Crippen LogP contribution in [0.25, 0.3) is 11.2 Å². The first-order chi connectivity index (χ1) is 18.1. The average molecular weight is 507 g/mol. The lowest BCUT2D eigenvalue weighted by molar-refractivity contribution is 0.0370. The lowest BCUT2D eigenvalue weighted by Gasteiger charge is -2.26. The second-order valence-corrected chi connectivity index (χ2v) is 9.86. The SMILES string of the molecule is CCCCN(CCCC)c1ccc2nc(Nc3ccc(C(C)=O)cc3)n(CCCN3CCOCC3)c2n1. The van der Waals surface area contributed by atoms with Crippen molar-refractivity contribution in [1.82, 2.24) is 19.4 Å². The smallest absolute Gasteiger partial charge is 0.209 e. The number of pyridine rings is 1. The Bertz CT molecular complexity index is 1130. The summed E-state index contributed by atoms with van der Waals surface area (Å²) in [5, 5.41) is 3.49. The second-order valence-electron chi connectivity index (χ2n) is 9.86. The minimum atomic E-state index is 0.0642. The van der Waals surface area contributed by atoms with E-state index in [0.29, 0.717) is 5.56 Å². The molecule has 3 aromatic rings. The summed E-state index contributed by atoms with van der Waals surface area (Å²) < 4.78 is 7.73. The number of ether oxygens (including phenoxy) is 1. The number of nitrogens with one attached hydrogen (secondary N) is 1. The summed E-state index contributed by atoms with van der Waals surface area (Å²) in [6.45, 7) is 13.6. The molecule has 1 saturated heterocycles. The van der Waals surface area contributed by atoms with Crippen LogP contribution < -0.4 is 10.2 Å². The Labute approximate surface area is 221 Å². The molecule has 0 spiro atoms. The van der Waals surface area contributed by atoms with Crippen LogP contribution in [0, 0.1) is 0 Å². The second kappa shape index (κ2) is 13.5. The van der Waals surface area contributed by atoms with E-state index in [4.69, 9.17) is 14.7 Å². The molecule has 3 heterocycles. The maximum atomic E-state index is 11.7. The number of imidazole rings is 1. The molecule has 200 valence electrons. The standard InChI is InChI=1S/C29H42N6O2/c1-4-6-16-34(17-7-5-2)27-14-13-26-28(32-27)35(18-8-15-33-19-21-37-22-20-33)29(31-26)30-25-11-9-24(10-12-25)23(3)36/h9-14H,4-8,15-22H2,1-3H3,(H,30,31). The molecule has 8 heteroatoms. The Morgan fingerprint density at radius 2 is 1.65 bits per heavy atom. The number of hydrogen-bond acceptors (Lipinski definition) is 7. The van der Waals surface area contributed by atoms with E-state index in [0.717, 1.165) is 100 Å². The number of fused-ring (bicyclic) bond motifs is 1. The van der Waals surface area contributed by atoms with Gasteiger partial charge in [-0.2, -0.15) is 0 Å². The third-order valence-corrected chi connectivity index (χ3v) is 6.97. The van der Waals surface area contributed by atoms with Crippen LogP contribution in [0.15, 0.2) is 36.4 Å². The van der Waals surface area contributed by atoms with Crippen LogP contribution in [0.2, 0.25) is 0 Å². The van der Waals surface area contributed by atoms with Gasteiger partial charge in [0.2, 0.25) is 5.95 Å². The van der Waals surface area contributed by atoms with E-state index in [-0.39, 0.29) is 5.78 Å². The topological polar surface area (TPSA) is 75.5 Å². The molecule has 1 aliphatic heterocycles. The fraction of sp³-hybridized carbons (Fsp3) is 0.552. The average Bonchev–Trinajstić information content (AvgIpc) is 3.25. The normalized spacial score (nSPS) is 14.2. The molecule has 8 nitrogen and oxygen atoms in total. The number of morpholine rings is 1. The first kappa shape index (κ1) is 27.1. The van der Waals surface area contributed by atoms with Gasteiger partial charge < -0.3 is 15.0 Å². The van der Waals surface area contributed by atoms with E-state index >= 15 is 0 Å². The predicted octanol–water partition coefficient (Wildman–Crippen LogP) is 5.51. The first-order valence-electron chi connectivity index (χ1n) is 13.9. The lowest BCUT2D eigenvalue weighted by Crippen LogP contribution is -2.37. The molecule has 1 N–H and O–H groups in total. The molecule has 1 fully saturated rings. The minimum absolute atomic E-state index is 0.0642. The van der Waals surface area contributed by atoms with E-state index in [1.165, 1.54) is 12.8 Å². The largest absolute Gasteiger partial charge is 0.379 e. The van der Waals surface area contributed by atoms with Crippen LogP contribution in [0.4, 0.5) is 17.5 Å². The first-order valence-corrected chi connectivity index (χ1v) is 13.9. The van der Waals surface area contributed by atoms with E-state index in [9.17, 15) is 4.79 Å². The summed E-state index contributed by atoms with van der Waals surface area (Å²) in [6, 6.07) is 11.8. The van der Waals surface area contributed by atoms with Gasteiger partial charge in [0.1, 0.15) is 11.3 Å². The van der Waals surface area contributed by atoms with E-state index < -0.39 is 0 Å². The van der Waals surface area contributed by atoms with Crippen LogP contribution in [0.3, 0.4) is 0 Å². The van der Waals surface area contributed by atoms with E-state index in [1.54, 1.807) is 6.92 Å². The minimum Gasteiger partial charge on any atom is -0.379 e. The van der Waals surface area contributed by atoms with Crippen molar-refractivity contribution in [2.24, 2.45) is 0 Å². The quantitative estimate of drug-likeness (QED) is 0.289. The third kappa shape index (κ3) is 7.29. The van der Waals surface area contributed by atoms with Crippen molar-refractivity contribution in [3.05, 3.63) is 42.0 Å². The highest BCUT2D eigenvalue weighted by Crippen LogP contribution is 2.25. The molecule has 0 saturated carbocycles. The number of aromatic nitrogens is 3. The molecule has 2 aromatic heterocycles. The number of benzene rings is 1. The predicted molar refractivity (Wildman–Crippen MR) is 151 cm³/mol. The van der Waals surface area contributed by atoms with Crippen molar-refractivity contribution in [3.8, 4) is 0 Å². The summed E-state index contributed by atoms with van der Waals surface area (Å²) in [4.78, 5) is 26.7. The van der Waals surface area contributed by atoms with Crippen molar-refractivity contribution in [2.75, 3.05) is 56.2 Å². The van der Waals surface area contributed by atoms with Crippen molar-refractivity contribution in [2.45, 2.75) is 59.4 Å². The molecule has 0 radical (unpaired) electrons. The number of carbonyl (C=O) groups is 1. The van der Waals surface area contributed by atoms with Gasteiger partial charge in [0.15, 0.2) is 11.4 Å². The highest BCUT2D eigenvalue weighted by atomic mass is 16.5. The van der Waals surface area contributed by atoms with Crippen molar-refractivity contribution in [1.29, 1.82) is 0 Å². The molecule has 0 unspecified atom stereocenters. The number of hydrogen-bond donors (Lipinski definition) is 1. The van der Waals surface area contributed by atoms with Gasteiger partial charge in [-0.05, 0) is 62.6 Å². The summed E-state index contributed by atoms with van der Waals surface area (Å²) in [5.74, 6) is 1.88. The molecule has 0 bridgehead atoms. The molecule has 1 aromatic carbocycles. The third-order valence-electron chi connectivity index (χ3n) is 6.97. The Balaban J connectivity index is 1.61. The molecule has 0 atom stereocenters. The van der Waals surface area contributed by atoms with Crippen LogP contribution in [0.1, 0.15) is 63.2 Å². The van der Waals surface area contributed by atoms with Gasteiger partial charge in [0, 0.05) is 50.5 Å². The molecular formula is C29H42N6O2. The molecule has 0 amide bonds. The number of rotatable bonds is 14. The number of aryl methyl sites for hydroxylation is 1. The number of unbranched alkanes of at least 4 members (excludes halogenated alkanes) is 2. The number of nitrogens with zero attached hydrogens (tertiary/aromatic N) is 5. The monoisotopic (exact) mass is 506 g/mol. The van der Waals surface area contributed by atoms with Gasteiger partial charge in [-0.15, -0.1) is 0 Å². The number of ketones is 1. The number of anilines is 3. The Morgan fingerprint density at radius 1 is 0.946 bits per heavy atom. The zero-order valence-electron chi connectivity index (χ0n) is 22.7. The molecule has 4 rings (SSSR count). The summed E-state index contributed by atoms with van der Waals surface area (Å²) >= 11 is 0. The molecule has 37 heavy (non-hydrogen) atoms. The zero-order chi connectivity index (χ0) is 26.0. The van der Waals surface area contributed by atoms with E-state index in [1.807, 2.05) is 24.3 Å². The summed E-state index contributed by atoms with van der Waals surface area (Å²) in [7, 11) is 0. The summed E-state index contributed by atoms with van der Waals surface area (Å²) in [5.41, 5.74) is 3.42. The highest BCUT2D eigenvalue weighted by Gasteiger charge is 2.17. The van der Waals surface area contributed by atoms with Gasteiger partial charge in [-0.1, -0.05) is 26.7 Å². The van der Waals surface area contributed by atoms with Gasteiger partial charge in [0.05, 0.1) is 13.2 Å². The van der Waals surface area contributed by atoms with Crippen LogP contribution in [0.5, 0.6) is 0 Å². The molecule has 0 aliphatic carbocycles. The summed E-state index contributed by atoms with van der Waals surface area (Å²) in [6.07, 6.45) is 5.66. The maximum Gasteiger partial charge on any atom is 0.209 e. The fourth-order valence-electron chi connectivity index (χ4n) is 4.71. The van der Waals surface area contributed by atoms with Crippen LogP contribution in [-0.2, 0) is 11.3 Å². The maximum absolute atomic E-state index is 11.7. The Kier molecular flexibility index (Phi) is 9.91. The van der Waals surface area contributed by atoms with E-state index in [2.05, 4.69) is 45.7 Å². The van der Waals surface area contributed by atoms with Gasteiger partial charge in [-0.3, -0.25) is 14.3 Å². The highest BCUT2D eigenvalue weighted by molar-refractivity contribution is 5.94. The van der Waals surface area contributed by atoms with Crippen LogP contribution >= 0.6 is 0 Å². The molecule has 1 aliphatic rings. The number of carbonyl (C=O) groups excluding carboxylic acids is 1. The van der Waals surface area contributed by atoms with Gasteiger partial charge >= 0.3 is 0 Å². The molecular weight excluding hydrogens is 464 g/mol. The van der Waals surface area contributed by atoms with Crippen molar-refractivity contribution in [3.63, 3.8) is 0 Å². The Hall–Kier alpha value is -2.97. The number of Topliss-reactive ketones (excluding diaryl/α,β-unsaturated/α-hetero) is 1. The van der Waals surface area contributed by atoms with Crippen molar-refractivity contribution >= 4 is 34.4 Å². The Morgan fingerprint density at radius 3 is 2.30 bits per heavy atom. The van der Waals surface area contributed by atoms with Gasteiger partial charge in [0.25, 0.3) is 0 Å². The van der Waals surface area contributed by atoms with Gasteiger partial charge in [-0.25, -0.2) is 9.97 Å². The fourth-order valence-corrected chi connectivity index (χ4v) is 4.71. The van der Waals surface area contributed by atoms with Crippen molar-refractivity contribution < 1.29 is 9.53 Å². The zero-order valence-corrected chi connectivity index (χ0v) is 22.7.